The molecule has 1 atom stereocenters. The highest BCUT2D eigenvalue weighted by Crippen LogP contribution is 2.32. The topological polar surface area (TPSA) is 26.8 Å². The van der Waals surface area contributed by atoms with E-state index in [9.17, 15) is 4.79 Å². The molecule has 2 heterocycles. The zero-order valence-electron chi connectivity index (χ0n) is 15.2. The molecule has 4 heteroatoms. The Morgan fingerprint density at radius 3 is 2.38 bits per heavy atom. The first-order valence-corrected chi connectivity index (χ1v) is 9.40. The second kappa shape index (κ2) is 7.66. The number of hydrogen-bond acceptors (Lipinski definition) is 3. The second-order valence-corrected chi connectivity index (χ2v) is 7.52. The molecule has 2 aliphatic rings. The summed E-state index contributed by atoms with van der Waals surface area (Å²) < 4.78 is 0. The SMILES string of the molecule is CCN1CCN(CC(=O)N2CCCC2(C)Cc2ccccc2)CC1. The highest BCUT2D eigenvalue weighted by molar-refractivity contribution is 5.79. The van der Waals surface area contributed by atoms with E-state index in [0.29, 0.717) is 12.5 Å². The van der Waals surface area contributed by atoms with Gasteiger partial charge in [-0.2, -0.15) is 0 Å². The summed E-state index contributed by atoms with van der Waals surface area (Å²) in [4.78, 5) is 19.9. The number of likely N-dealkylation sites (N-methyl/N-ethyl adjacent to an activating group) is 1. The number of likely N-dealkylation sites (tertiary alicyclic amines) is 1. The van der Waals surface area contributed by atoms with E-state index in [4.69, 9.17) is 0 Å². The van der Waals surface area contributed by atoms with Gasteiger partial charge in [-0.1, -0.05) is 37.3 Å². The lowest BCUT2D eigenvalue weighted by atomic mass is 9.90. The molecule has 2 aliphatic heterocycles. The number of piperazine rings is 1. The summed E-state index contributed by atoms with van der Waals surface area (Å²) in [6.45, 7) is 11.3. The van der Waals surface area contributed by atoms with Crippen molar-refractivity contribution in [1.29, 1.82) is 0 Å². The molecule has 132 valence electrons. The highest BCUT2D eigenvalue weighted by atomic mass is 16.2. The lowest BCUT2D eigenvalue weighted by Gasteiger charge is -2.39. The predicted octanol–water partition coefficient (Wildman–Crippen LogP) is 2.25. The van der Waals surface area contributed by atoms with Crippen LogP contribution in [-0.4, -0.2) is 72.0 Å². The van der Waals surface area contributed by atoms with E-state index in [1.165, 1.54) is 5.56 Å². The number of carbonyl (C=O) groups excluding carboxylic acids is 1. The minimum absolute atomic E-state index is 0.0241. The molecular weight excluding hydrogens is 298 g/mol. The average molecular weight is 329 g/mol. The zero-order valence-corrected chi connectivity index (χ0v) is 15.2. The Balaban J connectivity index is 1.59. The van der Waals surface area contributed by atoms with Crippen LogP contribution in [0.5, 0.6) is 0 Å². The van der Waals surface area contributed by atoms with E-state index in [-0.39, 0.29) is 5.54 Å². The van der Waals surface area contributed by atoms with E-state index in [1.54, 1.807) is 0 Å². The number of nitrogens with zero attached hydrogens (tertiary/aromatic N) is 3. The van der Waals surface area contributed by atoms with Crippen LogP contribution in [0.1, 0.15) is 32.3 Å². The van der Waals surface area contributed by atoms with Crippen LogP contribution in [-0.2, 0) is 11.2 Å². The van der Waals surface area contributed by atoms with Crippen LogP contribution >= 0.6 is 0 Å². The smallest absolute Gasteiger partial charge is 0.237 e. The summed E-state index contributed by atoms with van der Waals surface area (Å²) in [7, 11) is 0. The maximum absolute atomic E-state index is 12.9. The van der Waals surface area contributed by atoms with Crippen molar-refractivity contribution in [2.75, 3.05) is 45.8 Å². The molecule has 1 aromatic carbocycles. The normalized spacial score (nSPS) is 26.0. The third kappa shape index (κ3) is 3.98. The summed E-state index contributed by atoms with van der Waals surface area (Å²) in [6, 6.07) is 10.6. The van der Waals surface area contributed by atoms with Gasteiger partial charge in [0.1, 0.15) is 0 Å². The van der Waals surface area contributed by atoms with Crippen LogP contribution in [0.4, 0.5) is 0 Å². The third-order valence-electron chi connectivity index (χ3n) is 5.75. The molecule has 1 aromatic rings. The number of amides is 1. The van der Waals surface area contributed by atoms with Crippen molar-refractivity contribution in [1.82, 2.24) is 14.7 Å². The fraction of sp³-hybridized carbons (Fsp3) is 0.650. The Labute approximate surface area is 146 Å². The summed E-state index contributed by atoms with van der Waals surface area (Å²) in [5.74, 6) is 0.316. The van der Waals surface area contributed by atoms with Crippen LogP contribution < -0.4 is 0 Å². The number of hydrogen-bond donors (Lipinski definition) is 0. The maximum atomic E-state index is 12.9. The first-order chi connectivity index (χ1) is 11.6. The molecule has 2 saturated heterocycles. The predicted molar refractivity (Wildman–Crippen MR) is 98.1 cm³/mol. The van der Waals surface area contributed by atoms with Crippen LogP contribution in [0, 0.1) is 0 Å². The molecule has 2 fully saturated rings. The summed E-state index contributed by atoms with van der Waals surface area (Å²) in [5, 5.41) is 0. The fourth-order valence-electron chi connectivity index (χ4n) is 4.21. The van der Waals surface area contributed by atoms with Gasteiger partial charge in [-0.25, -0.2) is 0 Å². The largest absolute Gasteiger partial charge is 0.336 e. The molecular formula is C20H31N3O. The van der Waals surface area contributed by atoms with Gasteiger partial charge < -0.3 is 9.80 Å². The van der Waals surface area contributed by atoms with Gasteiger partial charge in [0.15, 0.2) is 0 Å². The van der Waals surface area contributed by atoms with E-state index in [0.717, 1.165) is 58.5 Å². The quantitative estimate of drug-likeness (QED) is 0.829. The molecule has 1 amide bonds. The molecule has 0 spiro atoms. The van der Waals surface area contributed by atoms with Gasteiger partial charge in [-0.05, 0) is 38.3 Å². The van der Waals surface area contributed by atoms with E-state index in [2.05, 4.69) is 58.9 Å². The van der Waals surface area contributed by atoms with Crippen molar-refractivity contribution in [3.8, 4) is 0 Å². The molecule has 0 radical (unpaired) electrons. The van der Waals surface area contributed by atoms with Gasteiger partial charge in [0, 0.05) is 38.3 Å². The van der Waals surface area contributed by atoms with E-state index >= 15 is 0 Å². The molecule has 0 aliphatic carbocycles. The fourth-order valence-corrected chi connectivity index (χ4v) is 4.21. The lowest BCUT2D eigenvalue weighted by molar-refractivity contribution is -0.136. The van der Waals surface area contributed by atoms with Gasteiger partial charge in [0.2, 0.25) is 5.91 Å². The van der Waals surface area contributed by atoms with Gasteiger partial charge >= 0.3 is 0 Å². The van der Waals surface area contributed by atoms with Gasteiger partial charge in [-0.15, -0.1) is 0 Å². The summed E-state index contributed by atoms with van der Waals surface area (Å²) in [5.41, 5.74) is 1.31. The van der Waals surface area contributed by atoms with Crippen molar-refractivity contribution in [2.45, 2.75) is 38.6 Å². The molecule has 24 heavy (non-hydrogen) atoms. The third-order valence-corrected chi connectivity index (χ3v) is 5.75. The molecule has 1 unspecified atom stereocenters. The molecule has 3 rings (SSSR count). The summed E-state index contributed by atoms with van der Waals surface area (Å²) >= 11 is 0. The molecule has 0 bridgehead atoms. The Morgan fingerprint density at radius 2 is 1.71 bits per heavy atom. The Morgan fingerprint density at radius 1 is 1.04 bits per heavy atom. The lowest BCUT2D eigenvalue weighted by Crippen LogP contribution is -2.53. The van der Waals surface area contributed by atoms with Crippen molar-refractivity contribution >= 4 is 5.91 Å². The molecule has 4 nitrogen and oxygen atoms in total. The minimum Gasteiger partial charge on any atom is -0.336 e. The van der Waals surface area contributed by atoms with Gasteiger partial charge in [0.05, 0.1) is 6.54 Å². The maximum Gasteiger partial charge on any atom is 0.237 e. The van der Waals surface area contributed by atoms with Gasteiger partial charge in [0.25, 0.3) is 0 Å². The summed E-state index contributed by atoms with van der Waals surface area (Å²) in [6.07, 6.45) is 3.19. The van der Waals surface area contributed by atoms with Crippen molar-refractivity contribution in [3.63, 3.8) is 0 Å². The van der Waals surface area contributed by atoms with Gasteiger partial charge in [-0.3, -0.25) is 9.69 Å². The van der Waals surface area contributed by atoms with Crippen LogP contribution in [0.3, 0.4) is 0 Å². The van der Waals surface area contributed by atoms with Crippen molar-refractivity contribution in [2.24, 2.45) is 0 Å². The molecule has 0 saturated carbocycles. The second-order valence-electron chi connectivity index (χ2n) is 7.52. The van der Waals surface area contributed by atoms with Crippen molar-refractivity contribution in [3.05, 3.63) is 35.9 Å². The first-order valence-electron chi connectivity index (χ1n) is 9.40. The number of benzene rings is 1. The Kier molecular flexibility index (Phi) is 5.57. The zero-order chi connectivity index (χ0) is 17.0. The van der Waals surface area contributed by atoms with Crippen molar-refractivity contribution < 1.29 is 4.79 Å². The van der Waals surface area contributed by atoms with E-state index in [1.807, 2.05) is 0 Å². The standard InChI is InChI=1S/C20H31N3O/c1-3-21-12-14-22(15-13-21)17-19(24)23-11-7-10-20(23,2)16-18-8-5-4-6-9-18/h4-6,8-9H,3,7,10-17H2,1-2H3. The van der Waals surface area contributed by atoms with Crippen LogP contribution in [0.15, 0.2) is 30.3 Å². The van der Waals surface area contributed by atoms with Crippen LogP contribution in [0.2, 0.25) is 0 Å². The highest BCUT2D eigenvalue weighted by Gasteiger charge is 2.39. The van der Waals surface area contributed by atoms with E-state index < -0.39 is 0 Å². The number of carbonyl (C=O) groups is 1. The van der Waals surface area contributed by atoms with Crippen LogP contribution in [0.25, 0.3) is 0 Å². The Bertz CT molecular complexity index is 539. The molecule has 0 N–H and O–H groups in total. The Hall–Kier alpha value is -1.39. The monoisotopic (exact) mass is 329 g/mol. The average Bonchev–Trinajstić information content (AvgIpc) is 2.97. The molecule has 0 aromatic heterocycles. The number of rotatable bonds is 5. The first kappa shape index (κ1) is 17.4. The minimum atomic E-state index is -0.0241.